The number of anilines is 1. The number of halogens is 2. The summed E-state index contributed by atoms with van der Waals surface area (Å²) >= 11 is 0. The Hall–Kier alpha value is -1.45. The molecule has 0 saturated carbocycles. The molecule has 1 heterocycles. The number of carbonyl (C=O) groups excluding carboxylic acids is 1. The van der Waals surface area contributed by atoms with Gasteiger partial charge in [0.25, 0.3) is 5.92 Å². The lowest BCUT2D eigenvalue weighted by molar-refractivity contribution is -0.124. The average Bonchev–Trinajstić information content (AvgIpc) is 2.23. The predicted octanol–water partition coefficient (Wildman–Crippen LogP) is 2.23. The maximum atomic E-state index is 13.3. The van der Waals surface area contributed by atoms with Gasteiger partial charge in [0.1, 0.15) is 0 Å². The second kappa shape index (κ2) is 3.29. The largest absolute Gasteiger partial charge is 0.315 e. The number of fused-ring (bicyclic) bond motifs is 1. The Morgan fingerprint density at radius 1 is 1.27 bits per heavy atom. The number of hydrogen-bond donors (Lipinski definition) is 0. The molecule has 0 atom stereocenters. The Kier molecular flexibility index (Phi) is 2.21. The molecule has 2 rings (SSSR count). The van der Waals surface area contributed by atoms with Crippen molar-refractivity contribution in [1.82, 2.24) is 0 Å². The summed E-state index contributed by atoms with van der Waals surface area (Å²) in [6, 6.07) is 6.78. The van der Waals surface area contributed by atoms with E-state index in [4.69, 9.17) is 0 Å². The molecule has 1 aliphatic heterocycles. The van der Waals surface area contributed by atoms with Gasteiger partial charge in [-0.1, -0.05) is 18.2 Å². The number of nitrogens with zero attached hydrogens (tertiary/aromatic N) is 1. The van der Waals surface area contributed by atoms with Crippen molar-refractivity contribution >= 4 is 11.6 Å². The molecule has 2 nitrogen and oxygen atoms in total. The molecular weight excluding hydrogens is 200 g/mol. The highest BCUT2D eigenvalue weighted by molar-refractivity contribution is 5.95. The van der Waals surface area contributed by atoms with Crippen LogP contribution in [-0.4, -0.2) is 18.9 Å². The number of benzene rings is 1. The molecule has 0 N–H and O–H groups in total. The zero-order valence-corrected chi connectivity index (χ0v) is 8.34. The van der Waals surface area contributed by atoms with Crippen LogP contribution in [0.2, 0.25) is 0 Å². The van der Waals surface area contributed by atoms with E-state index in [1.54, 1.807) is 24.3 Å². The van der Waals surface area contributed by atoms with Crippen LogP contribution in [0.15, 0.2) is 24.3 Å². The van der Waals surface area contributed by atoms with Crippen LogP contribution in [0, 0.1) is 0 Å². The van der Waals surface area contributed by atoms with Gasteiger partial charge in [0.05, 0.1) is 6.42 Å². The van der Waals surface area contributed by atoms with Crippen molar-refractivity contribution in [3.8, 4) is 0 Å². The summed E-state index contributed by atoms with van der Waals surface area (Å²) in [7, 11) is 1.53. The molecule has 4 heteroatoms. The molecule has 15 heavy (non-hydrogen) atoms. The third-order valence-electron chi connectivity index (χ3n) is 2.59. The molecule has 0 radical (unpaired) electrons. The van der Waals surface area contributed by atoms with Crippen molar-refractivity contribution in [1.29, 1.82) is 0 Å². The molecule has 80 valence electrons. The van der Waals surface area contributed by atoms with Gasteiger partial charge < -0.3 is 4.90 Å². The second-order valence-electron chi connectivity index (χ2n) is 3.79. The van der Waals surface area contributed by atoms with Crippen LogP contribution in [0.1, 0.15) is 12.0 Å². The zero-order chi connectivity index (χ0) is 11.1. The van der Waals surface area contributed by atoms with Crippen LogP contribution < -0.4 is 4.90 Å². The molecule has 0 aromatic heterocycles. The van der Waals surface area contributed by atoms with Crippen molar-refractivity contribution < 1.29 is 13.6 Å². The highest BCUT2D eigenvalue weighted by Gasteiger charge is 2.38. The Morgan fingerprint density at radius 2 is 1.93 bits per heavy atom. The van der Waals surface area contributed by atoms with Gasteiger partial charge in [-0.3, -0.25) is 4.79 Å². The topological polar surface area (TPSA) is 20.3 Å². The number of hydrogen-bond acceptors (Lipinski definition) is 1. The molecule has 1 aliphatic rings. The monoisotopic (exact) mass is 211 g/mol. The van der Waals surface area contributed by atoms with E-state index in [2.05, 4.69) is 0 Å². The summed E-state index contributed by atoms with van der Waals surface area (Å²) < 4.78 is 26.6. The summed E-state index contributed by atoms with van der Waals surface area (Å²) in [5.74, 6) is -3.47. The lowest BCUT2D eigenvalue weighted by Crippen LogP contribution is -2.29. The van der Waals surface area contributed by atoms with E-state index in [1.165, 1.54) is 11.9 Å². The second-order valence-corrected chi connectivity index (χ2v) is 3.79. The van der Waals surface area contributed by atoms with Gasteiger partial charge in [0.15, 0.2) is 0 Å². The normalized spacial score (nSPS) is 19.7. The van der Waals surface area contributed by atoms with E-state index in [9.17, 15) is 13.6 Å². The molecule has 0 spiro atoms. The minimum absolute atomic E-state index is 0.362. The number of carbonyl (C=O) groups is 1. The van der Waals surface area contributed by atoms with E-state index in [0.717, 1.165) is 0 Å². The predicted molar refractivity (Wildman–Crippen MR) is 53.1 cm³/mol. The fourth-order valence-corrected chi connectivity index (χ4v) is 1.80. The lowest BCUT2D eigenvalue weighted by atomic mass is 10.1. The van der Waals surface area contributed by atoms with Crippen molar-refractivity contribution in [2.75, 3.05) is 11.9 Å². The maximum Gasteiger partial charge on any atom is 0.260 e. The van der Waals surface area contributed by atoms with Crippen LogP contribution in [0.4, 0.5) is 14.5 Å². The van der Waals surface area contributed by atoms with Crippen LogP contribution >= 0.6 is 0 Å². The van der Waals surface area contributed by atoms with Crippen molar-refractivity contribution in [2.45, 2.75) is 18.8 Å². The van der Waals surface area contributed by atoms with Gasteiger partial charge in [-0.2, -0.15) is 0 Å². The molecule has 1 aromatic rings. The number of alkyl halides is 2. The van der Waals surface area contributed by atoms with Crippen molar-refractivity contribution in [3.05, 3.63) is 29.8 Å². The summed E-state index contributed by atoms with van der Waals surface area (Å²) in [5.41, 5.74) is 1.11. The van der Waals surface area contributed by atoms with Crippen LogP contribution in [0.3, 0.4) is 0 Å². The van der Waals surface area contributed by atoms with E-state index in [0.29, 0.717) is 11.3 Å². The van der Waals surface area contributed by atoms with Gasteiger partial charge >= 0.3 is 0 Å². The number of para-hydroxylation sites is 1. The first-order valence-electron chi connectivity index (χ1n) is 4.72. The Bertz CT molecular complexity index is 403. The minimum Gasteiger partial charge on any atom is -0.315 e. The Morgan fingerprint density at radius 3 is 2.67 bits per heavy atom. The van der Waals surface area contributed by atoms with Gasteiger partial charge in [0.2, 0.25) is 5.91 Å². The van der Waals surface area contributed by atoms with E-state index >= 15 is 0 Å². The summed E-state index contributed by atoms with van der Waals surface area (Å²) in [4.78, 5) is 12.7. The van der Waals surface area contributed by atoms with Gasteiger partial charge in [-0.05, 0) is 11.6 Å². The lowest BCUT2D eigenvalue weighted by Gasteiger charge is -2.16. The SMILES string of the molecule is CN1C(=O)CC(F)(F)Cc2ccccc21. The maximum absolute atomic E-state index is 13.3. The Labute approximate surface area is 86.5 Å². The van der Waals surface area contributed by atoms with E-state index in [1.807, 2.05) is 0 Å². The molecule has 0 bridgehead atoms. The Balaban J connectivity index is 2.51. The first-order chi connectivity index (χ1) is 6.99. The molecular formula is C11H11F2NO. The van der Waals surface area contributed by atoms with E-state index in [-0.39, 0.29) is 6.42 Å². The fraction of sp³-hybridized carbons (Fsp3) is 0.364. The quantitative estimate of drug-likeness (QED) is 0.644. The third-order valence-corrected chi connectivity index (χ3v) is 2.59. The highest BCUT2D eigenvalue weighted by Crippen LogP contribution is 2.33. The fourth-order valence-electron chi connectivity index (χ4n) is 1.80. The summed E-state index contributed by atoms with van der Waals surface area (Å²) in [5, 5.41) is 0. The molecule has 0 unspecified atom stereocenters. The molecule has 1 amide bonds. The summed E-state index contributed by atoms with van der Waals surface area (Å²) in [6.07, 6.45) is -1.07. The van der Waals surface area contributed by atoms with Gasteiger partial charge in [-0.25, -0.2) is 8.78 Å². The molecule has 1 aromatic carbocycles. The smallest absolute Gasteiger partial charge is 0.260 e. The van der Waals surface area contributed by atoms with Gasteiger partial charge in [0, 0.05) is 19.2 Å². The highest BCUT2D eigenvalue weighted by atomic mass is 19.3. The standard InChI is InChI=1S/C11H11F2NO/c1-14-9-5-3-2-4-8(9)6-11(12,13)7-10(14)15/h2-5H,6-7H2,1H3. The van der Waals surface area contributed by atoms with Crippen LogP contribution in [0.5, 0.6) is 0 Å². The van der Waals surface area contributed by atoms with Gasteiger partial charge in [-0.15, -0.1) is 0 Å². The molecule has 0 saturated heterocycles. The van der Waals surface area contributed by atoms with Crippen molar-refractivity contribution in [3.63, 3.8) is 0 Å². The van der Waals surface area contributed by atoms with Crippen molar-refractivity contribution in [2.24, 2.45) is 0 Å². The third kappa shape index (κ3) is 1.84. The minimum atomic E-state index is -2.93. The van der Waals surface area contributed by atoms with Crippen LogP contribution in [-0.2, 0) is 11.2 Å². The van der Waals surface area contributed by atoms with Crippen LogP contribution in [0.25, 0.3) is 0 Å². The first kappa shape index (κ1) is 10.1. The molecule has 0 fully saturated rings. The average molecular weight is 211 g/mol. The first-order valence-corrected chi connectivity index (χ1v) is 4.72. The number of amides is 1. The zero-order valence-electron chi connectivity index (χ0n) is 8.34. The van der Waals surface area contributed by atoms with E-state index < -0.39 is 18.3 Å². The number of rotatable bonds is 0. The molecule has 0 aliphatic carbocycles. The summed E-state index contributed by atoms with van der Waals surface area (Å²) in [6.45, 7) is 0.